The second-order valence-electron chi connectivity index (χ2n) is 6.00. The Kier molecular flexibility index (Phi) is 5.03. The molecule has 1 aliphatic heterocycles. The van der Waals surface area contributed by atoms with E-state index in [2.05, 4.69) is 16.3 Å². The summed E-state index contributed by atoms with van der Waals surface area (Å²) >= 11 is 0. The van der Waals surface area contributed by atoms with Gasteiger partial charge in [0.25, 0.3) is 5.91 Å². The lowest BCUT2D eigenvalue weighted by Gasteiger charge is -2.26. The van der Waals surface area contributed by atoms with E-state index in [0.29, 0.717) is 5.56 Å². The van der Waals surface area contributed by atoms with Crippen molar-refractivity contribution in [2.75, 3.05) is 18.4 Å². The second kappa shape index (κ2) is 7.38. The van der Waals surface area contributed by atoms with Gasteiger partial charge in [0.1, 0.15) is 5.82 Å². The number of amides is 1. The number of hydrogen-bond acceptors (Lipinski definition) is 2. The van der Waals surface area contributed by atoms with E-state index in [1.54, 1.807) is 0 Å². The quantitative estimate of drug-likeness (QED) is 0.923. The van der Waals surface area contributed by atoms with Gasteiger partial charge in [-0.3, -0.25) is 9.69 Å². The Morgan fingerprint density at radius 1 is 1.04 bits per heavy atom. The van der Waals surface area contributed by atoms with Gasteiger partial charge in [-0.15, -0.1) is 0 Å². The summed E-state index contributed by atoms with van der Waals surface area (Å²) in [4.78, 5) is 14.6. The van der Waals surface area contributed by atoms with Crippen LogP contribution in [0.25, 0.3) is 0 Å². The highest BCUT2D eigenvalue weighted by atomic mass is 19.1. The summed E-state index contributed by atoms with van der Waals surface area (Å²) in [6.07, 6.45) is 3.85. The van der Waals surface area contributed by atoms with Gasteiger partial charge in [-0.25, -0.2) is 4.39 Å². The van der Waals surface area contributed by atoms with Gasteiger partial charge in [0.15, 0.2) is 0 Å². The molecule has 0 aromatic heterocycles. The van der Waals surface area contributed by atoms with Gasteiger partial charge >= 0.3 is 0 Å². The summed E-state index contributed by atoms with van der Waals surface area (Å²) in [5.41, 5.74) is 2.42. The van der Waals surface area contributed by atoms with Gasteiger partial charge in [0.2, 0.25) is 0 Å². The van der Waals surface area contributed by atoms with E-state index in [-0.39, 0.29) is 11.7 Å². The highest BCUT2D eigenvalue weighted by Gasteiger charge is 2.11. The first-order valence-corrected chi connectivity index (χ1v) is 8.09. The van der Waals surface area contributed by atoms with Crippen LogP contribution in [0.4, 0.5) is 10.1 Å². The number of nitrogens with zero attached hydrogens (tertiary/aromatic N) is 1. The van der Waals surface area contributed by atoms with Crippen LogP contribution in [0.2, 0.25) is 0 Å². The molecule has 1 heterocycles. The zero-order valence-electron chi connectivity index (χ0n) is 13.1. The van der Waals surface area contributed by atoms with E-state index >= 15 is 0 Å². The van der Waals surface area contributed by atoms with Crippen LogP contribution in [0.3, 0.4) is 0 Å². The standard InChI is InChI=1S/C19H21FN2O/c20-17-9-7-16(8-10-17)19(23)21-18-6-4-5-15(13-18)14-22-11-2-1-3-12-22/h4-10,13H,1-3,11-12,14H2,(H,21,23). The number of benzene rings is 2. The molecular weight excluding hydrogens is 291 g/mol. The van der Waals surface area contributed by atoms with Gasteiger partial charge in [-0.2, -0.15) is 0 Å². The Morgan fingerprint density at radius 2 is 1.78 bits per heavy atom. The molecule has 1 saturated heterocycles. The molecule has 2 aromatic carbocycles. The number of carbonyl (C=O) groups excluding carboxylic acids is 1. The summed E-state index contributed by atoms with van der Waals surface area (Å²) in [6, 6.07) is 13.5. The zero-order valence-corrected chi connectivity index (χ0v) is 13.1. The lowest BCUT2D eigenvalue weighted by Crippen LogP contribution is -2.29. The fourth-order valence-electron chi connectivity index (χ4n) is 2.93. The molecule has 2 aromatic rings. The van der Waals surface area contributed by atoms with Gasteiger partial charge in [0.05, 0.1) is 0 Å². The molecule has 120 valence electrons. The molecular formula is C19H21FN2O. The average molecular weight is 312 g/mol. The molecule has 0 bridgehead atoms. The van der Waals surface area contributed by atoms with Crippen molar-refractivity contribution in [3.63, 3.8) is 0 Å². The van der Waals surface area contributed by atoms with E-state index in [1.807, 2.05) is 18.2 Å². The van der Waals surface area contributed by atoms with E-state index in [1.165, 1.54) is 49.1 Å². The van der Waals surface area contributed by atoms with Gasteiger partial charge in [-0.05, 0) is 67.9 Å². The maximum Gasteiger partial charge on any atom is 0.255 e. The number of nitrogens with one attached hydrogen (secondary N) is 1. The molecule has 1 amide bonds. The predicted octanol–water partition coefficient (Wildman–Crippen LogP) is 4.06. The third kappa shape index (κ3) is 4.39. The minimum atomic E-state index is -0.343. The molecule has 0 unspecified atom stereocenters. The number of carbonyl (C=O) groups is 1. The Hall–Kier alpha value is -2.20. The summed E-state index contributed by atoms with van der Waals surface area (Å²) in [5.74, 6) is -0.565. The van der Waals surface area contributed by atoms with Crippen LogP contribution in [0, 0.1) is 5.82 Å². The second-order valence-corrected chi connectivity index (χ2v) is 6.00. The SMILES string of the molecule is O=C(Nc1cccc(CN2CCCCC2)c1)c1ccc(F)cc1. The third-order valence-corrected chi connectivity index (χ3v) is 4.15. The van der Waals surface area contributed by atoms with Crippen molar-refractivity contribution in [3.8, 4) is 0 Å². The fraction of sp³-hybridized carbons (Fsp3) is 0.316. The Morgan fingerprint density at radius 3 is 2.52 bits per heavy atom. The van der Waals surface area contributed by atoms with Crippen molar-refractivity contribution in [2.24, 2.45) is 0 Å². The Bertz CT molecular complexity index is 663. The number of piperidine rings is 1. The van der Waals surface area contributed by atoms with E-state index < -0.39 is 0 Å². The highest BCUT2D eigenvalue weighted by Crippen LogP contribution is 2.17. The van der Waals surface area contributed by atoms with Crippen LogP contribution >= 0.6 is 0 Å². The first-order chi connectivity index (χ1) is 11.2. The number of likely N-dealkylation sites (tertiary alicyclic amines) is 1. The van der Waals surface area contributed by atoms with Crippen molar-refractivity contribution in [1.29, 1.82) is 0 Å². The number of hydrogen-bond donors (Lipinski definition) is 1. The zero-order chi connectivity index (χ0) is 16.1. The lowest BCUT2D eigenvalue weighted by atomic mass is 10.1. The monoisotopic (exact) mass is 312 g/mol. The molecule has 4 heteroatoms. The van der Waals surface area contributed by atoms with Crippen LogP contribution in [-0.4, -0.2) is 23.9 Å². The molecule has 0 radical (unpaired) electrons. The van der Waals surface area contributed by atoms with Crippen molar-refractivity contribution < 1.29 is 9.18 Å². The molecule has 1 fully saturated rings. The first-order valence-electron chi connectivity index (χ1n) is 8.09. The molecule has 1 N–H and O–H groups in total. The molecule has 0 aliphatic carbocycles. The number of rotatable bonds is 4. The van der Waals surface area contributed by atoms with Crippen LogP contribution in [-0.2, 0) is 6.54 Å². The maximum absolute atomic E-state index is 12.9. The highest BCUT2D eigenvalue weighted by molar-refractivity contribution is 6.04. The molecule has 23 heavy (non-hydrogen) atoms. The third-order valence-electron chi connectivity index (χ3n) is 4.15. The van der Waals surface area contributed by atoms with Gasteiger partial charge < -0.3 is 5.32 Å². The lowest BCUT2D eigenvalue weighted by molar-refractivity contribution is 0.102. The number of halogens is 1. The van der Waals surface area contributed by atoms with Crippen molar-refractivity contribution in [1.82, 2.24) is 4.90 Å². The maximum atomic E-state index is 12.9. The van der Waals surface area contributed by atoms with Crippen LogP contribution in [0.15, 0.2) is 48.5 Å². The van der Waals surface area contributed by atoms with Crippen molar-refractivity contribution >= 4 is 11.6 Å². The predicted molar refractivity (Wildman–Crippen MR) is 89.9 cm³/mol. The normalized spacial score (nSPS) is 15.3. The fourth-order valence-corrected chi connectivity index (χ4v) is 2.93. The van der Waals surface area contributed by atoms with Crippen LogP contribution in [0.1, 0.15) is 35.2 Å². The molecule has 0 saturated carbocycles. The molecule has 0 atom stereocenters. The summed E-state index contributed by atoms with van der Waals surface area (Å²) in [7, 11) is 0. The topological polar surface area (TPSA) is 32.3 Å². The van der Waals surface area contributed by atoms with Gasteiger partial charge in [0, 0.05) is 17.8 Å². The Balaban J connectivity index is 1.64. The van der Waals surface area contributed by atoms with E-state index in [9.17, 15) is 9.18 Å². The first kappa shape index (κ1) is 15.7. The smallest absolute Gasteiger partial charge is 0.255 e. The van der Waals surface area contributed by atoms with Crippen molar-refractivity contribution in [2.45, 2.75) is 25.8 Å². The summed E-state index contributed by atoms with van der Waals surface area (Å²) in [6.45, 7) is 3.21. The number of anilines is 1. The van der Waals surface area contributed by atoms with Gasteiger partial charge in [-0.1, -0.05) is 18.6 Å². The molecule has 0 spiro atoms. The summed E-state index contributed by atoms with van der Waals surface area (Å²) < 4.78 is 12.9. The van der Waals surface area contributed by atoms with E-state index in [4.69, 9.17) is 0 Å². The summed E-state index contributed by atoms with van der Waals surface area (Å²) in [5, 5.41) is 2.88. The largest absolute Gasteiger partial charge is 0.322 e. The van der Waals surface area contributed by atoms with Crippen LogP contribution < -0.4 is 5.32 Å². The molecule has 3 rings (SSSR count). The van der Waals surface area contributed by atoms with Crippen LogP contribution in [0.5, 0.6) is 0 Å². The molecule has 1 aliphatic rings. The Labute approximate surface area is 136 Å². The molecule has 3 nitrogen and oxygen atoms in total. The minimum Gasteiger partial charge on any atom is -0.322 e. The van der Waals surface area contributed by atoms with E-state index in [0.717, 1.165) is 25.3 Å². The van der Waals surface area contributed by atoms with Crippen molar-refractivity contribution in [3.05, 3.63) is 65.5 Å². The minimum absolute atomic E-state index is 0.222. The average Bonchev–Trinajstić information content (AvgIpc) is 2.57.